The molecule has 5 heteroatoms. The first-order valence-corrected chi connectivity index (χ1v) is 10.0. The number of hydrogen-bond donors (Lipinski definition) is 1. The van der Waals surface area contributed by atoms with E-state index in [1.807, 2.05) is 40.6 Å². The molecule has 0 bridgehead atoms. The lowest BCUT2D eigenvalue weighted by Crippen LogP contribution is -2.36. The summed E-state index contributed by atoms with van der Waals surface area (Å²) in [5.74, 6) is 0.309. The lowest BCUT2D eigenvalue weighted by atomic mass is 9.93. The van der Waals surface area contributed by atoms with E-state index in [0.29, 0.717) is 13.0 Å². The van der Waals surface area contributed by atoms with Gasteiger partial charge in [-0.25, -0.2) is 0 Å². The van der Waals surface area contributed by atoms with E-state index in [1.54, 1.807) is 11.3 Å². The summed E-state index contributed by atoms with van der Waals surface area (Å²) in [5, 5.41) is 5.17. The quantitative estimate of drug-likeness (QED) is 0.871. The molecule has 0 unspecified atom stereocenters. The van der Waals surface area contributed by atoms with Crippen molar-refractivity contribution in [2.45, 2.75) is 45.1 Å². The Bertz CT molecular complexity index is 826. The van der Waals surface area contributed by atoms with Crippen molar-refractivity contribution in [1.29, 1.82) is 0 Å². The first-order valence-electron chi connectivity index (χ1n) is 9.16. The van der Waals surface area contributed by atoms with Crippen LogP contribution in [0.2, 0.25) is 0 Å². The van der Waals surface area contributed by atoms with Crippen molar-refractivity contribution in [3.05, 3.63) is 52.2 Å². The minimum atomic E-state index is -0.386. The molecular formula is C21H24N2O2S. The summed E-state index contributed by atoms with van der Waals surface area (Å²) in [6, 6.07) is 12.0. The van der Waals surface area contributed by atoms with Crippen molar-refractivity contribution in [2.75, 3.05) is 11.4 Å². The van der Waals surface area contributed by atoms with Gasteiger partial charge in [-0.05, 0) is 47.4 Å². The molecular weight excluding hydrogens is 344 g/mol. The third kappa shape index (κ3) is 2.75. The lowest BCUT2D eigenvalue weighted by Gasteiger charge is -2.19. The molecule has 2 fully saturated rings. The molecule has 1 aliphatic carbocycles. The van der Waals surface area contributed by atoms with E-state index in [9.17, 15) is 9.59 Å². The first-order chi connectivity index (χ1) is 12.4. The molecule has 2 aromatic rings. The second-order valence-corrected chi connectivity index (χ2v) is 8.89. The van der Waals surface area contributed by atoms with Gasteiger partial charge in [0.2, 0.25) is 11.8 Å². The zero-order chi connectivity index (χ0) is 18.4. The SMILES string of the molecule is CC1(C)C[C@@]1(C(=O)NCc1ccc(N2CCCC2=O)cc1)c1cccs1. The lowest BCUT2D eigenvalue weighted by molar-refractivity contribution is -0.124. The average Bonchev–Trinajstić information content (AvgIpc) is 3.05. The number of nitrogens with zero attached hydrogens (tertiary/aromatic N) is 1. The van der Waals surface area contributed by atoms with Gasteiger partial charge in [-0.15, -0.1) is 11.3 Å². The van der Waals surface area contributed by atoms with E-state index in [2.05, 4.69) is 25.2 Å². The van der Waals surface area contributed by atoms with Crippen LogP contribution in [0.3, 0.4) is 0 Å². The fraction of sp³-hybridized carbons (Fsp3) is 0.429. The van der Waals surface area contributed by atoms with Crippen LogP contribution in [-0.2, 0) is 21.5 Å². The van der Waals surface area contributed by atoms with E-state index in [1.165, 1.54) is 0 Å². The highest BCUT2D eigenvalue weighted by molar-refractivity contribution is 7.10. The minimum absolute atomic E-state index is 0.00189. The van der Waals surface area contributed by atoms with Gasteiger partial charge in [-0.1, -0.05) is 32.0 Å². The van der Waals surface area contributed by atoms with Crippen molar-refractivity contribution in [3.8, 4) is 0 Å². The number of anilines is 1. The van der Waals surface area contributed by atoms with Crippen LogP contribution >= 0.6 is 11.3 Å². The maximum absolute atomic E-state index is 13.0. The summed E-state index contributed by atoms with van der Waals surface area (Å²) in [7, 11) is 0. The number of carbonyl (C=O) groups excluding carboxylic acids is 2. The topological polar surface area (TPSA) is 49.4 Å². The van der Waals surface area contributed by atoms with E-state index >= 15 is 0 Å². The Labute approximate surface area is 158 Å². The molecule has 0 radical (unpaired) electrons. The number of rotatable bonds is 5. The van der Waals surface area contributed by atoms with Gasteiger partial charge in [0.15, 0.2) is 0 Å². The molecule has 2 amide bonds. The summed E-state index contributed by atoms with van der Waals surface area (Å²) in [4.78, 5) is 27.8. The number of nitrogens with one attached hydrogen (secondary N) is 1. The van der Waals surface area contributed by atoms with E-state index in [4.69, 9.17) is 0 Å². The van der Waals surface area contributed by atoms with Crippen molar-refractivity contribution < 1.29 is 9.59 Å². The fourth-order valence-electron chi connectivity index (χ4n) is 4.11. The van der Waals surface area contributed by atoms with Gasteiger partial charge in [0.05, 0.1) is 5.41 Å². The number of carbonyl (C=O) groups is 2. The molecule has 2 heterocycles. The zero-order valence-electron chi connectivity index (χ0n) is 15.2. The molecule has 4 rings (SSSR count). The smallest absolute Gasteiger partial charge is 0.232 e. The van der Waals surface area contributed by atoms with Crippen LogP contribution < -0.4 is 10.2 Å². The van der Waals surface area contributed by atoms with Crippen LogP contribution in [0.5, 0.6) is 0 Å². The summed E-state index contributed by atoms with van der Waals surface area (Å²) in [6.45, 7) is 5.63. The van der Waals surface area contributed by atoms with Crippen LogP contribution in [0.1, 0.15) is 43.6 Å². The zero-order valence-corrected chi connectivity index (χ0v) is 16.1. The second kappa shape index (κ2) is 6.23. The molecule has 4 nitrogen and oxygen atoms in total. The third-order valence-corrected chi connectivity index (χ3v) is 6.87. The summed E-state index contributed by atoms with van der Waals surface area (Å²) < 4.78 is 0. The Morgan fingerprint density at radius 1 is 1.23 bits per heavy atom. The predicted octanol–water partition coefficient (Wildman–Crippen LogP) is 3.86. The monoisotopic (exact) mass is 368 g/mol. The number of thiophene rings is 1. The van der Waals surface area contributed by atoms with Gasteiger partial charge in [0.1, 0.15) is 0 Å². The highest BCUT2D eigenvalue weighted by Crippen LogP contribution is 2.65. The normalized spacial score (nSPS) is 23.9. The molecule has 136 valence electrons. The molecule has 1 atom stereocenters. The first kappa shape index (κ1) is 17.3. The molecule has 1 aromatic carbocycles. The molecule has 2 aliphatic rings. The Balaban J connectivity index is 1.42. The Hall–Kier alpha value is -2.14. The number of benzene rings is 1. The fourth-order valence-corrected chi connectivity index (χ4v) is 5.21. The van der Waals surface area contributed by atoms with Gasteiger partial charge in [-0.3, -0.25) is 9.59 Å². The van der Waals surface area contributed by atoms with Crippen LogP contribution in [-0.4, -0.2) is 18.4 Å². The summed E-state index contributed by atoms with van der Waals surface area (Å²) in [5.41, 5.74) is 1.61. The number of amides is 2. The predicted molar refractivity (Wildman–Crippen MR) is 104 cm³/mol. The van der Waals surface area contributed by atoms with Crippen molar-refractivity contribution in [1.82, 2.24) is 5.32 Å². The Morgan fingerprint density at radius 3 is 2.50 bits per heavy atom. The molecule has 1 saturated heterocycles. The molecule has 26 heavy (non-hydrogen) atoms. The van der Waals surface area contributed by atoms with Crippen LogP contribution in [0.25, 0.3) is 0 Å². The Morgan fingerprint density at radius 2 is 1.96 bits per heavy atom. The maximum Gasteiger partial charge on any atom is 0.232 e. The number of hydrogen-bond acceptors (Lipinski definition) is 3. The van der Waals surface area contributed by atoms with Crippen LogP contribution in [0.15, 0.2) is 41.8 Å². The standard InChI is InChI=1S/C21H24N2O2S/c1-20(2)14-21(20,17-5-4-12-26-17)19(25)22-13-15-7-9-16(10-8-15)23-11-3-6-18(23)24/h4-5,7-10,12H,3,6,11,13-14H2,1-2H3,(H,22,25)/t21-/m0/s1. The van der Waals surface area contributed by atoms with Crippen molar-refractivity contribution in [3.63, 3.8) is 0 Å². The molecule has 1 aliphatic heterocycles. The van der Waals surface area contributed by atoms with E-state index < -0.39 is 0 Å². The van der Waals surface area contributed by atoms with Crippen LogP contribution in [0, 0.1) is 5.41 Å². The summed E-state index contributed by atoms with van der Waals surface area (Å²) in [6.07, 6.45) is 2.46. The van der Waals surface area contributed by atoms with Gasteiger partial charge >= 0.3 is 0 Å². The molecule has 1 aromatic heterocycles. The average molecular weight is 369 g/mol. The van der Waals surface area contributed by atoms with Crippen LogP contribution in [0.4, 0.5) is 5.69 Å². The maximum atomic E-state index is 13.0. The largest absolute Gasteiger partial charge is 0.351 e. The molecule has 1 saturated carbocycles. The second-order valence-electron chi connectivity index (χ2n) is 7.94. The van der Waals surface area contributed by atoms with Crippen molar-refractivity contribution >= 4 is 28.8 Å². The van der Waals surface area contributed by atoms with Crippen molar-refractivity contribution in [2.24, 2.45) is 5.41 Å². The third-order valence-electron chi connectivity index (χ3n) is 5.84. The van der Waals surface area contributed by atoms with Gasteiger partial charge in [0.25, 0.3) is 0 Å². The van der Waals surface area contributed by atoms with E-state index in [-0.39, 0.29) is 22.6 Å². The minimum Gasteiger partial charge on any atom is -0.351 e. The highest BCUT2D eigenvalue weighted by atomic mass is 32.1. The Kier molecular flexibility index (Phi) is 4.14. The highest BCUT2D eigenvalue weighted by Gasteiger charge is 2.67. The summed E-state index contributed by atoms with van der Waals surface area (Å²) >= 11 is 1.66. The van der Waals surface area contributed by atoms with Gasteiger partial charge < -0.3 is 10.2 Å². The molecule has 0 spiro atoms. The van der Waals surface area contributed by atoms with E-state index in [0.717, 1.165) is 35.5 Å². The van der Waals surface area contributed by atoms with Gasteiger partial charge in [-0.2, -0.15) is 0 Å². The molecule has 1 N–H and O–H groups in total. The van der Waals surface area contributed by atoms with Gasteiger partial charge in [0, 0.05) is 30.1 Å².